The van der Waals surface area contributed by atoms with Gasteiger partial charge in [0.2, 0.25) is 0 Å². The van der Waals surface area contributed by atoms with Crippen LogP contribution >= 0.6 is 0 Å². The van der Waals surface area contributed by atoms with Gasteiger partial charge in [0.1, 0.15) is 0 Å². The van der Waals surface area contributed by atoms with E-state index in [1.165, 1.54) is 0 Å². The van der Waals surface area contributed by atoms with Crippen LogP contribution in [-0.4, -0.2) is 34.8 Å². The number of aliphatic hydroxyl groups excluding tert-OH is 1. The molecule has 0 radical (unpaired) electrons. The molecule has 0 aliphatic rings. The number of rotatable bonds is 5. The highest BCUT2D eigenvalue weighted by Gasteiger charge is 2.15. The van der Waals surface area contributed by atoms with Crippen LogP contribution in [0.4, 0.5) is 0 Å². The third-order valence-electron chi connectivity index (χ3n) is 1.61. The summed E-state index contributed by atoms with van der Waals surface area (Å²) < 4.78 is 0. The molecular weight excluding hydrogens is 158 g/mol. The molecule has 0 aliphatic heterocycles. The van der Waals surface area contributed by atoms with Gasteiger partial charge in [0.05, 0.1) is 6.54 Å². The molecule has 5 N–H and O–H groups in total. The van der Waals surface area contributed by atoms with Gasteiger partial charge in [-0.15, -0.1) is 0 Å². The van der Waals surface area contributed by atoms with Crippen molar-refractivity contribution in [3.63, 3.8) is 0 Å². The maximum atomic E-state index is 8.67. The maximum absolute atomic E-state index is 8.67. The molecule has 0 fully saturated rings. The van der Waals surface area contributed by atoms with Crippen LogP contribution in [0.5, 0.6) is 0 Å². The Morgan fingerprint density at radius 2 is 2.17 bits per heavy atom. The van der Waals surface area contributed by atoms with Gasteiger partial charge in [-0.1, -0.05) is 5.16 Å². The molecule has 0 bridgehead atoms. The van der Waals surface area contributed by atoms with Crippen molar-refractivity contribution in [1.82, 2.24) is 5.32 Å². The average Bonchev–Trinajstić information content (AvgIpc) is 2.00. The van der Waals surface area contributed by atoms with Crippen molar-refractivity contribution in [2.45, 2.75) is 25.8 Å². The summed E-state index contributed by atoms with van der Waals surface area (Å²) in [5, 5.41) is 22.8. The van der Waals surface area contributed by atoms with Gasteiger partial charge in [0.25, 0.3) is 0 Å². The van der Waals surface area contributed by atoms with Gasteiger partial charge in [-0.3, -0.25) is 0 Å². The van der Waals surface area contributed by atoms with Crippen molar-refractivity contribution in [2.75, 3.05) is 13.2 Å². The van der Waals surface area contributed by atoms with Crippen LogP contribution in [0, 0.1) is 0 Å². The molecule has 0 saturated carbocycles. The number of nitrogens with zero attached hydrogens (tertiary/aromatic N) is 1. The van der Waals surface area contributed by atoms with Crippen LogP contribution in [0.2, 0.25) is 0 Å². The number of amidine groups is 1. The van der Waals surface area contributed by atoms with Crippen LogP contribution in [0.3, 0.4) is 0 Å². The highest BCUT2D eigenvalue weighted by molar-refractivity contribution is 5.81. The third kappa shape index (κ3) is 4.92. The van der Waals surface area contributed by atoms with Gasteiger partial charge in [0, 0.05) is 12.1 Å². The summed E-state index contributed by atoms with van der Waals surface area (Å²) >= 11 is 0. The van der Waals surface area contributed by atoms with Gasteiger partial charge in [-0.2, -0.15) is 0 Å². The van der Waals surface area contributed by atoms with E-state index in [2.05, 4.69) is 10.5 Å². The zero-order valence-corrected chi connectivity index (χ0v) is 7.54. The predicted octanol–water partition coefficient (Wildman–Crippen LogP) is -0.517. The van der Waals surface area contributed by atoms with Crippen LogP contribution in [0.15, 0.2) is 5.16 Å². The van der Waals surface area contributed by atoms with E-state index >= 15 is 0 Å². The zero-order chi connectivity index (χ0) is 9.61. The number of nitrogens with two attached hydrogens (primary N) is 1. The fraction of sp³-hybridized carbons (Fsp3) is 0.857. The monoisotopic (exact) mass is 175 g/mol. The number of nitrogens with one attached hydrogen (secondary N) is 1. The number of aliphatic hydroxyl groups is 1. The van der Waals surface area contributed by atoms with Gasteiger partial charge in [0.15, 0.2) is 5.84 Å². The Kier molecular flexibility index (Phi) is 4.61. The fourth-order valence-electron chi connectivity index (χ4n) is 0.733. The number of oxime groups is 1. The number of hydrogen-bond acceptors (Lipinski definition) is 4. The van der Waals surface area contributed by atoms with E-state index in [-0.39, 0.29) is 18.0 Å². The standard InChI is InChI=1S/C7H17N3O2/c1-7(2,3-4-11)9-5-6(8)10-12/h9,11-12H,3-5H2,1-2H3,(H2,8,10). The summed E-state index contributed by atoms with van der Waals surface area (Å²) in [4.78, 5) is 0. The molecule has 0 aromatic rings. The molecule has 0 aromatic heterocycles. The minimum atomic E-state index is -0.190. The molecule has 0 saturated heterocycles. The van der Waals surface area contributed by atoms with Crippen LogP contribution in [0.25, 0.3) is 0 Å². The van der Waals surface area contributed by atoms with E-state index in [1.54, 1.807) is 0 Å². The first-order valence-electron chi connectivity index (χ1n) is 3.84. The second kappa shape index (κ2) is 4.95. The first-order chi connectivity index (χ1) is 5.52. The molecule has 5 heteroatoms. The SMILES string of the molecule is CC(C)(CCO)NCC(N)=NO. The summed E-state index contributed by atoms with van der Waals surface area (Å²) in [6.07, 6.45) is 0.631. The van der Waals surface area contributed by atoms with E-state index in [0.717, 1.165) is 0 Å². The van der Waals surface area contributed by atoms with Gasteiger partial charge < -0.3 is 21.4 Å². The molecule has 0 spiro atoms. The Balaban J connectivity index is 3.75. The maximum Gasteiger partial charge on any atom is 0.153 e. The smallest absolute Gasteiger partial charge is 0.153 e. The molecule has 0 unspecified atom stereocenters. The van der Waals surface area contributed by atoms with Crippen LogP contribution in [-0.2, 0) is 0 Å². The topological polar surface area (TPSA) is 90.9 Å². The second-order valence-electron chi connectivity index (χ2n) is 3.30. The molecule has 0 aliphatic carbocycles. The van der Waals surface area contributed by atoms with Gasteiger partial charge in [-0.25, -0.2) is 0 Å². The van der Waals surface area contributed by atoms with Crippen molar-refractivity contribution in [3.05, 3.63) is 0 Å². The third-order valence-corrected chi connectivity index (χ3v) is 1.61. The number of hydrogen-bond donors (Lipinski definition) is 4. The van der Waals surface area contributed by atoms with E-state index in [4.69, 9.17) is 16.0 Å². The van der Waals surface area contributed by atoms with Gasteiger partial charge in [-0.05, 0) is 20.3 Å². The minimum absolute atomic E-state index is 0.121. The highest BCUT2D eigenvalue weighted by Crippen LogP contribution is 2.05. The first-order valence-corrected chi connectivity index (χ1v) is 3.84. The molecule has 0 atom stereocenters. The van der Waals surface area contributed by atoms with Crippen molar-refractivity contribution in [2.24, 2.45) is 10.9 Å². The van der Waals surface area contributed by atoms with E-state index < -0.39 is 0 Å². The lowest BCUT2D eigenvalue weighted by Gasteiger charge is -2.24. The molecule has 0 heterocycles. The first kappa shape index (κ1) is 11.2. The van der Waals surface area contributed by atoms with E-state index in [1.807, 2.05) is 13.8 Å². The van der Waals surface area contributed by atoms with Crippen molar-refractivity contribution >= 4 is 5.84 Å². The largest absolute Gasteiger partial charge is 0.409 e. The lowest BCUT2D eigenvalue weighted by Crippen LogP contribution is -2.44. The molecule has 5 nitrogen and oxygen atoms in total. The van der Waals surface area contributed by atoms with Crippen LogP contribution < -0.4 is 11.1 Å². The Bertz CT molecular complexity index is 157. The molecule has 0 aromatic carbocycles. The normalized spacial score (nSPS) is 13.4. The average molecular weight is 175 g/mol. The van der Waals surface area contributed by atoms with Crippen molar-refractivity contribution in [1.29, 1.82) is 0 Å². The Hall–Kier alpha value is -0.810. The highest BCUT2D eigenvalue weighted by atomic mass is 16.4. The quantitative estimate of drug-likeness (QED) is 0.196. The Morgan fingerprint density at radius 3 is 2.58 bits per heavy atom. The summed E-state index contributed by atoms with van der Waals surface area (Å²) in [6.45, 7) is 4.32. The molecule has 0 rings (SSSR count). The lowest BCUT2D eigenvalue weighted by molar-refractivity contribution is 0.234. The van der Waals surface area contributed by atoms with E-state index in [0.29, 0.717) is 13.0 Å². The van der Waals surface area contributed by atoms with Crippen molar-refractivity contribution < 1.29 is 10.3 Å². The molecule has 12 heavy (non-hydrogen) atoms. The Labute approximate surface area is 72.3 Å². The fourth-order valence-corrected chi connectivity index (χ4v) is 0.733. The summed E-state index contributed by atoms with van der Waals surface area (Å²) in [5.41, 5.74) is 5.06. The lowest BCUT2D eigenvalue weighted by atomic mass is 10.0. The van der Waals surface area contributed by atoms with Crippen molar-refractivity contribution in [3.8, 4) is 0 Å². The van der Waals surface area contributed by atoms with Gasteiger partial charge >= 0.3 is 0 Å². The predicted molar refractivity (Wildman–Crippen MR) is 47.2 cm³/mol. The Morgan fingerprint density at radius 1 is 1.58 bits per heavy atom. The second-order valence-corrected chi connectivity index (χ2v) is 3.30. The summed E-state index contributed by atoms with van der Waals surface area (Å²) in [7, 11) is 0. The van der Waals surface area contributed by atoms with E-state index in [9.17, 15) is 0 Å². The zero-order valence-electron chi connectivity index (χ0n) is 7.54. The summed E-state index contributed by atoms with van der Waals surface area (Å²) in [5.74, 6) is 0.140. The molecule has 0 amide bonds. The molecule has 72 valence electrons. The van der Waals surface area contributed by atoms with Crippen LogP contribution in [0.1, 0.15) is 20.3 Å². The summed E-state index contributed by atoms with van der Waals surface area (Å²) in [6, 6.07) is 0. The minimum Gasteiger partial charge on any atom is -0.409 e. The molecular formula is C7H17N3O2.